The Morgan fingerprint density at radius 2 is 1.71 bits per heavy atom. The molecule has 1 aliphatic carbocycles. The number of hydrogen-bond acceptors (Lipinski definition) is 2. The number of para-hydroxylation sites is 1. The van der Waals surface area contributed by atoms with Crippen LogP contribution in [0.2, 0.25) is 0 Å². The lowest BCUT2D eigenvalue weighted by molar-refractivity contribution is 0.615. The SMILES string of the molecule is NC1C=CC(CNc2ccccc2Cc2ccccc2)C1. The van der Waals surface area contributed by atoms with Gasteiger partial charge in [0.15, 0.2) is 0 Å². The van der Waals surface area contributed by atoms with Gasteiger partial charge in [-0.05, 0) is 36.0 Å². The van der Waals surface area contributed by atoms with E-state index >= 15 is 0 Å². The van der Waals surface area contributed by atoms with Gasteiger partial charge in [-0.2, -0.15) is 0 Å². The van der Waals surface area contributed by atoms with Gasteiger partial charge < -0.3 is 11.1 Å². The fraction of sp³-hybridized carbons (Fsp3) is 0.263. The summed E-state index contributed by atoms with van der Waals surface area (Å²) in [6.07, 6.45) is 6.36. The Morgan fingerprint density at radius 3 is 2.48 bits per heavy atom. The van der Waals surface area contributed by atoms with Crippen LogP contribution < -0.4 is 11.1 Å². The quantitative estimate of drug-likeness (QED) is 0.820. The molecule has 0 aliphatic heterocycles. The normalized spacial score (nSPS) is 20.6. The number of benzene rings is 2. The predicted molar refractivity (Wildman–Crippen MR) is 89.4 cm³/mol. The summed E-state index contributed by atoms with van der Waals surface area (Å²) in [5, 5.41) is 3.59. The van der Waals surface area contributed by atoms with Gasteiger partial charge in [-0.15, -0.1) is 0 Å². The summed E-state index contributed by atoms with van der Waals surface area (Å²) in [4.78, 5) is 0. The van der Waals surface area contributed by atoms with Gasteiger partial charge in [0.25, 0.3) is 0 Å². The van der Waals surface area contributed by atoms with Gasteiger partial charge in [0.2, 0.25) is 0 Å². The van der Waals surface area contributed by atoms with Gasteiger partial charge in [-0.3, -0.25) is 0 Å². The predicted octanol–water partition coefficient (Wildman–Crippen LogP) is 3.59. The molecule has 3 rings (SSSR count). The van der Waals surface area contributed by atoms with Crippen molar-refractivity contribution in [3.8, 4) is 0 Å². The van der Waals surface area contributed by atoms with Gasteiger partial charge in [0.1, 0.15) is 0 Å². The Kier molecular flexibility index (Phi) is 4.37. The first kappa shape index (κ1) is 13.9. The molecule has 2 aromatic rings. The van der Waals surface area contributed by atoms with Crippen LogP contribution in [0.3, 0.4) is 0 Å². The molecule has 3 N–H and O–H groups in total. The monoisotopic (exact) mass is 278 g/mol. The third-order valence-electron chi connectivity index (χ3n) is 4.01. The van der Waals surface area contributed by atoms with Crippen LogP contribution in [0.25, 0.3) is 0 Å². The largest absolute Gasteiger partial charge is 0.384 e. The lowest BCUT2D eigenvalue weighted by Gasteiger charge is -2.15. The molecular formula is C19H22N2. The number of rotatable bonds is 5. The Bertz CT molecular complexity index is 604. The molecule has 0 radical (unpaired) electrons. The number of nitrogens with two attached hydrogens (primary N) is 1. The van der Waals surface area contributed by atoms with Gasteiger partial charge in [-0.25, -0.2) is 0 Å². The molecule has 0 saturated heterocycles. The second-order valence-corrected chi connectivity index (χ2v) is 5.74. The van der Waals surface area contributed by atoms with Crippen molar-refractivity contribution < 1.29 is 0 Å². The van der Waals surface area contributed by atoms with Gasteiger partial charge >= 0.3 is 0 Å². The summed E-state index contributed by atoms with van der Waals surface area (Å²) in [7, 11) is 0. The second-order valence-electron chi connectivity index (χ2n) is 5.74. The first-order chi connectivity index (χ1) is 10.3. The summed E-state index contributed by atoms with van der Waals surface area (Å²) in [5.41, 5.74) is 9.83. The van der Waals surface area contributed by atoms with E-state index in [2.05, 4.69) is 72.1 Å². The average Bonchev–Trinajstić information content (AvgIpc) is 2.93. The van der Waals surface area contributed by atoms with E-state index < -0.39 is 0 Å². The Labute approximate surface area is 126 Å². The van der Waals surface area contributed by atoms with Gasteiger partial charge in [0, 0.05) is 18.3 Å². The zero-order valence-electron chi connectivity index (χ0n) is 12.2. The van der Waals surface area contributed by atoms with Crippen molar-refractivity contribution in [3.05, 3.63) is 77.9 Å². The highest BCUT2D eigenvalue weighted by Gasteiger charge is 2.15. The van der Waals surface area contributed by atoms with Crippen molar-refractivity contribution in [1.82, 2.24) is 0 Å². The molecule has 1 aliphatic rings. The van der Waals surface area contributed by atoms with E-state index in [4.69, 9.17) is 5.73 Å². The minimum atomic E-state index is 0.233. The summed E-state index contributed by atoms with van der Waals surface area (Å²) in [6, 6.07) is 19.4. The molecule has 2 heteroatoms. The summed E-state index contributed by atoms with van der Waals surface area (Å²) >= 11 is 0. The van der Waals surface area contributed by atoms with E-state index in [1.54, 1.807) is 0 Å². The minimum Gasteiger partial charge on any atom is -0.384 e. The fourth-order valence-electron chi connectivity index (χ4n) is 2.86. The molecule has 0 amide bonds. The highest BCUT2D eigenvalue weighted by molar-refractivity contribution is 5.53. The molecule has 0 bridgehead atoms. The van der Waals surface area contributed by atoms with Crippen molar-refractivity contribution in [1.29, 1.82) is 0 Å². The van der Waals surface area contributed by atoms with Gasteiger partial charge in [-0.1, -0.05) is 60.7 Å². The van der Waals surface area contributed by atoms with Crippen LogP contribution in [-0.2, 0) is 6.42 Å². The Morgan fingerprint density at radius 1 is 0.952 bits per heavy atom. The number of hydrogen-bond donors (Lipinski definition) is 2. The lowest BCUT2D eigenvalue weighted by atomic mass is 10.0. The molecular weight excluding hydrogens is 256 g/mol. The highest BCUT2D eigenvalue weighted by atomic mass is 14.9. The zero-order valence-corrected chi connectivity index (χ0v) is 12.2. The lowest BCUT2D eigenvalue weighted by Crippen LogP contribution is -2.19. The molecule has 0 aromatic heterocycles. The van der Waals surface area contributed by atoms with Crippen molar-refractivity contribution in [2.24, 2.45) is 11.7 Å². The molecule has 0 spiro atoms. The van der Waals surface area contributed by atoms with E-state index in [9.17, 15) is 0 Å². The first-order valence-corrected chi connectivity index (χ1v) is 7.61. The average molecular weight is 278 g/mol. The second kappa shape index (κ2) is 6.59. The fourth-order valence-corrected chi connectivity index (χ4v) is 2.86. The summed E-state index contributed by atoms with van der Waals surface area (Å²) in [6.45, 7) is 0.954. The van der Waals surface area contributed by atoms with Crippen LogP contribution in [0.15, 0.2) is 66.7 Å². The molecule has 0 saturated carbocycles. The van der Waals surface area contributed by atoms with Gasteiger partial charge in [0.05, 0.1) is 0 Å². The van der Waals surface area contributed by atoms with Crippen LogP contribution in [-0.4, -0.2) is 12.6 Å². The third-order valence-corrected chi connectivity index (χ3v) is 4.01. The molecule has 0 heterocycles. The molecule has 2 nitrogen and oxygen atoms in total. The van der Waals surface area contributed by atoms with Crippen molar-refractivity contribution in [2.45, 2.75) is 18.9 Å². The molecule has 2 aromatic carbocycles. The van der Waals surface area contributed by atoms with Crippen molar-refractivity contribution in [3.63, 3.8) is 0 Å². The van der Waals surface area contributed by atoms with E-state index in [0.717, 1.165) is 19.4 Å². The van der Waals surface area contributed by atoms with Crippen LogP contribution in [0.5, 0.6) is 0 Å². The standard InChI is InChI=1S/C19H22N2/c20-18-11-10-16(13-18)14-21-19-9-5-4-8-17(19)12-15-6-2-1-3-7-15/h1-11,16,18,21H,12-14,20H2. The Balaban J connectivity index is 1.66. The van der Waals surface area contributed by atoms with E-state index in [-0.39, 0.29) is 6.04 Å². The zero-order chi connectivity index (χ0) is 14.5. The number of anilines is 1. The molecule has 21 heavy (non-hydrogen) atoms. The van der Waals surface area contributed by atoms with Crippen LogP contribution >= 0.6 is 0 Å². The van der Waals surface area contributed by atoms with Crippen molar-refractivity contribution in [2.75, 3.05) is 11.9 Å². The maximum absolute atomic E-state index is 5.91. The number of nitrogens with one attached hydrogen (secondary N) is 1. The third kappa shape index (κ3) is 3.73. The minimum absolute atomic E-state index is 0.233. The summed E-state index contributed by atoms with van der Waals surface area (Å²) < 4.78 is 0. The highest BCUT2D eigenvalue weighted by Crippen LogP contribution is 2.22. The molecule has 108 valence electrons. The summed E-state index contributed by atoms with van der Waals surface area (Å²) in [5.74, 6) is 0.546. The van der Waals surface area contributed by atoms with E-state index in [1.165, 1.54) is 16.8 Å². The maximum atomic E-state index is 5.91. The van der Waals surface area contributed by atoms with Crippen LogP contribution in [0.1, 0.15) is 17.5 Å². The van der Waals surface area contributed by atoms with Crippen molar-refractivity contribution >= 4 is 5.69 Å². The molecule has 2 unspecified atom stereocenters. The first-order valence-electron chi connectivity index (χ1n) is 7.61. The molecule has 0 fully saturated rings. The van der Waals surface area contributed by atoms with E-state index in [0.29, 0.717) is 5.92 Å². The smallest absolute Gasteiger partial charge is 0.0376 e. The Hall–Kier alpha value is -2.06. The van der Waals surface area contributed by atoms with Crippen LogP contribution in [0.4, 0.5) is 5.69 Å². The topological polar surface area (TPSA) is 38.0 Å². The molecule has 2 atom stereocenters. The van der Waals surface area contributed by atoms with Crippen LogP contribution in [0, 0.1) is 5.92 Å². The van der Waals surface area contributed by atoms with E-state index in [1.807, 2.05) is 0 Å². The maximum Gasteiger partial charge on any atom is 0.0376 e.